The first-order chi connectivity index (χ1) is 56.6. The molecule has 2 aliphatic carbocycles. The van der Waals surface area contributed by atoms with Gasteiger partial charge in [-0.15, -0.1) is 0 Å². The Morgan fingerprint density at radius 3 is 1.20 bits per heavy atom. The standard InChI is InChI=1S/C37H23BN7O16.C36H23N7O15/c1-3-37(25-12-29-32-18(13-41(29)34(47)24(25)14-58-36(37)49)6-17-7-19(38-59-15-46)4-5-26(17)39-32)60-35(48)16(2)61-40-33-22-8-20(42(50)51)10-27(44(54)55)30(22)31-23(33)9-21(43(52)53)11-28(31)45(56)57;1-3-36(24-12-28-31-17(6-16-7-20(44)4-5-25(16)37-31)13-39(28)33(45)23(24)14-56-35(36)47)57-34(46)15(2)58-38-32-21-8-18(40(48)49)10-26(42(52)53)29(21)30-22(32)9-19(41(50)51)11-27(30)43(54)55/h4-12,15-16H,3,13-14H2,1-2H3;4-12,15,44H,3,13-14H2,1-2H3/t16-,37+;15-,36+/m11/s1. The molecule has 0 fully saturated rings. The van der Waals surface area contributed by atoms with Crippen molar-refractivity contribution in [3.8, 4) is 50.8 Å². The molecule has 0 bridgehead atoms. The molecule has 597 valence electrons. The number of benzene rings is 6. The smallest absolute Gasteiger partial charge is 0.412 e. The van der Waals surface area contributed by atoms with Gasteiger partial charge in [0.15, 0.2) is 0 Å². The molecule has 1 N–H and O–H groups in total. The number of esters is 4. The number of nitro groups is 8. The van der Waals surface area contributed by atoms with Crippen molar-refractivity contribution in [1.82, 2.24) is 19.1 Å². The third kappa shape index (κ3) is 12.7. The van der Waals surface area contributed by atoms with Crippen LogP contribution in [0.3, 0.4) is 0 Å². The fourth-order valence-corrected chi connectivity index (χ4v) is 15.1. The SMILES string of the molecule is CC[C@@]1(OC(=O)[C@@H](C)ON=C2c3cc([N+](=O)[O-])cc([N+](=O)[O-])c3-c3c2cc([N+](=O)[O-])cc3[N+](=O)[O-])C(=O)OCc2c1cc1n(c2=O)Cc2cc3cc(O)ccc3nc2-1.CC[C@@]1(OC(=O)[C@@H](C)ON=C2c3cc([N+](=O)[O-])cc([N+](=O)[O-])c3-c3c2cc([N+](=O)[O-])cc3[N+](=O)[O-])C(=O)OCc2c1cc1n(c2=O)Cc2cc3cc([B]OC=O)ccc3nc2-1. The lowest BCUT2D eigenvalue weighted by atomic mass is 9.85. The summed E-state index contributed by atoms with van der Waals surface area (Å²) in [6.07, 6.45) is -4.03. The van der Waals surface area contributed by atoms with E-state index in [0.717, 1.165) is 38.1 Å². The average molecular weight is 1630 g/mol. The quantitative estimate of drug-likeness (QED) is 0.0176. The van der Waals surface area contributed by atoms with Gasteiger partial charge >= 0.3 is 31.4 Å². The molecule has 0 unspecified atom stereocenters. The second kappa shape index (κ2) is 28.8. The molecule has 0 amide bonds. The lowest BCUT2D eigenvalue weighted by Gasteiger charge is -2.36. The van der Waals surface area contributed by atoms with E-state index in [1.54, 1.807) is 30.3 Å². The summed E-state index contributed by atoms with van der Waals surface area (Å²) in [5, 5.41) is 115. The van der Waals surface area contributed by atoms with Crippen LogP contribution in [0.2, 0.25) is 0 Å². The monoisotopic (exact) mass is 1630 g/mol. The maximum atomic E-state index is 14.0. The van der Waals surface area contributed by atoms with Crippen molar-refractivity contribution >= 4 is 122 Å². The highest BCUT2D eigenvalue weighted by Crippen LogP contribution is 2.53. The molecule has 6 aromatic carbocycles. The largest absolute Gasteiger partial charge is 0.535 e. The Labute approximate surface area is 658 Å². The number of cyclic esters (lactones) is 2. The molecule has 46 heteroatoms. The summed E-state index contributed by atoms with van der Waals surface area (Å²) < 4.78 is 30.0. The van der Waals surface area contributed by atoms with Crippen molar-refractivity contribution < 1.29 is 102 Å². The number of nitro benzene ring substituents is 8. The Bertz CT molecular complexity index is 6490. The lowest BCUT2D eigenvalue weighted by Crippen LogP contribution is -2.48. The molecule has 0 saturated heterocycles. The molecule has 4 aromatic heterocycles. The molecule has 0 saturated carbocycles. The van der Waals surface area contributed by atoms with E-state index >= 15 is 0 Å². The summed E-state index contributed by atoms with van der Waals surface area (Å²) in [5.41, 5.74) is -13.2. The number of aromatic nitrogens is 4. The highest BCUT2D eigenvalue weighted by atomic mass is 16.7. The van der Waals surface area contributed by atoms with Crippen LogP contribution in [0.5, 0.6) is 5.75 Å². The third-order valence-electron chi connectivity index (χ3n) is 20.6. The van der Waals surface area contributed by atoms with E-state index in [4.69, 9.17) is 38.3 Å². The van der Waals surface area contributed by atoms with Gasteiger partial charge in [0.25, 0.3) is 63.1 Å². The van der Waals surface area contributed by atoms with Crippen molar-refractivity contribution in [1.29, 1.82) is 0 Å². The minimum absolute atomic E-state index is 0.0117. The predicted molar refractivity (Wildman–Crippen MR) is 400 cm³/mol. The van der Waals surface area contributed by atoms with Gasteiger partial charge in [-0.1, -0.05) is 36.3 Å². The summed E-state index contributed by atoms with van der Waals surface area (Å²) in [6.45, 7) is 4.81. The van der Waals surface area contributed by atoms with E-state index in [0.29, 0.717) is 85.4 Å². The Hall–Kier alpha value is -16.6. The summed E-state index contributed by atoms with van der Waals surface area (Å²) in [5.74, 6) is -4.54. The Morgan fingerprint density at radius 1 is 0.513 bits per heavy atom. The maximum absolute atomic E-state index is 14.0. The van der Waals surface area contributed by atoms with Crippen molar-refractivity contribution in [3.63, 3.8) is 0 Å². The number of phenols is 1. The van der Waals surface area contributed by atoms with Crippen molar-refractivity contribution in [2.45, 2.75) is 90.2 Å². The molecular weight excluding hydrogens is 1580 g/mol. The van der Waals surface area contributed by atoms with Gasteiger partial charge in [-0.2, -0.15) is 0 Å². The van der Waals surface area contributed by atoms with E-state index in [1.807, 2.05) is 6.07 Å². The first-order valence-corrected chi connectivity index (χ1v) is 34.8. The minimum atomic E-state index is -2.22. The molecule has 4 aliphatic heterocycles. The summed E-state index contributed by atoms with van der Waals surface area (Å²) in [6, 6.07) is 21.7. The van der Waals surface area contributed by atoms with Crippen LogP contribution in [0.15, 0.2) is 129 Å². The number of pyridine rings is 4. The zero-order chi connectivity index (χ0) is 85.2. The van der Waals surface area contributed by atoms with Crippen LogP contribution >= 0.6 is 0 Å². The zero-order valence-electron chi connectivity index (χ0n) is 60.9. The van der Waals surface area contributed by atoms with Crippen LogP contribution in [0, 0.1) is 80.9 Å². The Morgan fingerprint density at radius 2 is 0.866 bits per heavy atom. The number of aromatic hydroxyl groups is 1. The number of phenolic OH excluding ortho intramolecular Hbond substituents is 1. The first-order valence-electron chi connectivity index (χ1n) is 34.8. The average Bonchev–Trinajstić information content (AvgIpc) is 1.43. The van der Waals surface area contributed by atoms with E-state index < -0.39 is 212 Å². The van der Waals surface area contributed by atoms with Crippen molar-refractivity contribution in [2.24, 2.45) is 10.3 Å². The molecule has 6 aliphatic rings. The minimum Gasteiger partial charge on any atom is -0.535 e. The fourth-order valence-electron chi connectivity index (χ4n) is 15.1. The number of rotatable bonds is 21. The van der Waals surface area contributed by atoms with Crippen LogP contribution in [-0.4, -0.2) is 125 Å². The predicted octanol–water partition coefficient (Wildman–Crippen LogP) is 8.33. The van der Waals surface area contributed by atoms with Gasteiger partial charge in [-0.3, -0.25) is 95.3 Å². The fraction of sp³-hybridized carbons (Fsp3) is 0.192. The summed E-state index contributed by atoms with van der Waals surface area (Å²) in [7, 11) is 1.26. The lowest BCUT2D eigenvalue weighted by molar-refractivity contribution is -0.395. The van der Waals surface area contributed by atoms with E-state index in [-0.39, 0.29) is 60.4 Å². The van der Waals surface area contributed by atoms with Gasteiger partial charge in [-0.25, -0.2) is 29.1 Å². The number of oxime groups is 2. The Kier molecular flexibility index (Phi) is 18.8. The molecule has 45 nitrogen and oxygen atoms in total. The number of nitrogens with zero attached hydrogens (tertiary/aromatic N) is 14. The molecule has 0 spiro atoms. The number of hydrogen-bond donors (Lipinski definition) is 1. The van der Waals surface area contributed by atoms with E-state index in [9.17, 15) is 120 Å². The highest BCUT2D eigenvalue weighted by Gasteiger charge is 2.54. The van der Waals surface area contributed by atoms with Gasteiger partial charge in [-0.05, 0) is 80.7 Å². The maximum Gasteiger partial charge on any atom is 0.412 e. The van der Waals surface area contributed by atoms with Crippen LogP contribution in [0.1, 0.15) is 96.2 Å². The molecule has 4 atom stereocenters. The van der Waals surface area contributed by atoms with Crippen LogP contribution < -0.4 is 16.6 Å². The summed E-state index contributed by atoms with van der Waals surface area (Å²) in [4.78, 5) is 202. The van der Waals surface area contributed by atoms with Crippen molar-refractivity contribution in [3.05, 3.63) is 266 Å². The molecule has 1 radical (unpaired) electrons. The molecule has 8 heterocycles. The number of hydrogen-bond acceptors (Lipinski definition) is 35. The number of carbonyl (C=O) groups is 5. The van der Waals surface area contributed by atoms with Crippen molar-refractivity contribution in [2.75, 3.05) is 0 Å². The van der Waals surface area contributed by atoms with Gasteiger partial charge in [0.1, 0.15) is 30.4 Å². The van der Waals surface area contributed by atoms with Crippen LogP contribution in [0.25, 0.3) is 66.8 Å². The van der Waals surface area contributed by atoms with E-state index in [2.05, 4.69) is 15.3 Å². The second-order valence-corrected chi connectivity index (χ2v) is 27.1. The molecule has 16 rings (SSSR count). The zero-order valence-corrected chi connectivity index (χ0v) is 60.9. The topological polar surface area (TPSA) is 610 Å². The van der Waals surface area contributed by atoms with Crippen LogP contribution in [-0.2, 0) is 94.8 Å². The normalized spacial score (nSPS) is 16.0. The number of non-ortho nitro benzene ring substituents is 4. The Balaban J connectivity index is 0.000000186. The highest BCUT2D eigenvalue weighted by molar-refractivity contribution is 6.48. The van der Waals surface area contributed by atoms with Gasteiger partial charge < -0.3 is 47.5 Å². The number of fused-ring (bicyclic) bond motifs is 16. The molecule has 10 aromatic rings. The number of ether oxygens (including phenoxy) is 4. The third-order valence-corrected chi connectivity index (χ3v) is 20.6. The number of carbonyl (C=O) groups excluding carboxylic acids is 5. The second-order valence-electron chi connectivity index (χ2n) is 27.1. The van der Waals surface area contributed by atoms with Gasteiger partial charge in [0, 0.05) is 79.5 Å². The van der Waals surface area contributed by atoms with Gasteiger partial charge in [0.05, 0.1) is 144 Å². The van der Waals surface area contributed by atoms with E-state index in [1.165, 1.54) is 54.7 Å². The van der Waals surface area contributed by atoms with Crippen LogP contribution in [0.4, 0.5) is 45.5 Å². The first kappa shape index (κ1) is 77.7. The molecular formula is C73H46BN14O31. The van der Waals surface area contributed by atoms with Gasteiger partial charge in [0.2, 0.25) is 23.4 Å². The summed E-state index contributed by atoms with van der Waals surface area (Å²) >= 11 is 0. The molecule has 119 heavy (non-hydrogen) atoms.